The molecule has 0 bridgehead atoms. The third-order valence-corrected chi connectivity index (χ3v) is 4.02. The van der Waals surface area contributed by atoms with Gasteiger partial charge in [0.2, 0.25) is 0 Å². The second-order valence-corrected chi connectivity index (χ2v) is 5.78. The molecule has 0 aromatic heterocycles. The van der Waals surface area contributed by atoms with Crippen molar-refractivity contribution < 1.29 is 9.53 Å². The number of aryl methyl sites for hydroxylation is 2. The topological polar surface area (TPSA) is 41.6 Å². The Morgan fingerprint density at radius 2 is 2.00 bits per heavy atom. The zero-order valence-electron chi connectivity index (χ0n) is 12.5. The number of carbonyl (C=O) groups excluding carboxylic acids is 1. The summed E-state index contributed by atoms with van der Waals surface area (Å²) < 4.78 is 5.56. The average molecular weight is 317 g/mol. The van der Waals surface area contributed by atoms with Crippen LogP contribution in [0.5, 0.6) is 5.75 Å². The molecule has 1 heterocycles. The van der Waals surface area contributed by atoms with Gasteiger partial charge in [-0.2, -0.15) is 0 Å². The number of carbonyl (C=O) groups is 1. The predicted octanol–water partition coefficient (Wildman–Crippen LogP) is 4.39. The van der Waals surface area contributed by atoms with E-state index in [1.807, 2.05) is 32.0 Å². The van der Waals surface area contributed by atoms with Gasteiger partial charge in [0, 0.05) is 10.7 Å². The van der Waals surface area contributed by atoms with Crippen molar-refractivity contribution >= 4 is 29.0 Å². The van der Waals surface area contributed by atoms with Gasteiger partial charge in [-0.15, -0.1) is 0 Å². The maximum atomic E-state index is 12.6. The summed E-state index contributed by atoms with van der Waals surface area (Å²) in [5.41, 5.74) is 3.81. The smallest absolute Gasteiger partial charge is 0.326 e. The first kappa shape index (κ1) is 14.7. The van der Waals surface area contributed by atoms with Crippen molar-refractivity contribution in [3.8, 4) is 5.75 Å². The highest BCUT2D eigenvalue weighted by Crippen LogP contribution is 2.34. The standard InChI is InChI=1S/C17H17ClN2O2/c1-11-3-5-14(9-12(11)2)19-17(21)20-7-8-22-16-6-4-13(18)10-15(16)20/h3-6,9-10H,7-8H2,1-2H3,(H,19,21). The number of nitrogens with one attached hydrogen (secondary N) is 1. The molecule has 0 saturated heterocycles. The molecule has 2 aromatic carbocycles. The summed E-state index contributed by atoms with van der Waals surface area (Å²) in [5, 5.41) is 3.51. The molecule has 2 aromatic rings. The SMILES string of the molecule is Cc1ccc(NC(=O)N2CCOc3ccc(Cl)cc32)cc1C. The third kappa shape index (κ3) is 2.88. The Kier molecular flexibility index (Phi) is 3.94. The fourth-order valence-corrected chi connectivity index (χ4v) is 2.58. The number of rotatable bonds is 1. The summed E-state index contributed by atoms with van der Waals surface area (Å²) in [6.45, 7) is 5.02. The van der Waals surface area contributed by atoms with Gasteiger partial charge in [-0.25, -0.2) is 4.79 Å². The van der Waals surface area contributed by atoms with Gasteiger partial charge in [-0.05, 0) is 55.3 Å². The maximum absolute atomic E-state index is 12.6. The summed E-state index contributed by atoms with van der Waals surface area (Å²) in [5.74, 6) is 0.672. The molecule has 0 spiro atoms. The lowest BCUT2D eigenvalue weighted by Gasteiger charge is -2.29. The summed E-state index contributed by atoms with van der Waals surface area (Å²) in [4.78, 5) is 14.2. The number of hydrogen-bond acceptors (Lipinski definition) is 2. The van der Waals surface area contributed by atoms with E-state index in [9.17, 15) is 4.79 Å². The van der Waals surface area contributed by atoms with Gasteiger partial charge in [0.25, 0.3) is 0 Å². The van der Waals surface area contributed by atoms with Crippen molar-refractivity contribution in [3.63, 3.8) is 0 Å². The molecule has 0 radical (unpaired) electrons. The maximum Gasteiger partial charge on any atom is 0.326 e. The van der Waals surface area contributed by atoms with Gasteiger partial charge >= 0.3 is 6.03 Å². The van der Waals surface area contributed by atoms with E-state index in [1.165, 1.54) is 5.56 Å². The van der Waals surface area contributed by atoms with E-state index in [4.69, 9.17) is 16.3 Å². The van der Waals surface area contributed by atoms with E-state index < -0.39 is 0 Å². The van der Waals surface area contributed by atoms with E-state index in [1.54, 1.807) is 23.1 Å². The minimum atomic E-state index is -0.185. The number of hydrogen-bond donors (Lipinski definition) is 1. The Bertz CT molecular complexity index is 731. The average Bonchev–Trinajstić information content (AvgIpc) is 2.50. The lowest BCUT2D eigenvalue weighted by molar-refractivity contribution is 0.250. The van der Waals surface area contributed by atoms with Crippen molar-refractivity contribution in [1.82, 2.24) is 0 Å². The molecule has 0 atom stereocenters. The minimum Gasteiger partial charge on any atom is -0.490 e. The molecule has 0 saturated carbocycles. The largest absolute Gasteiger partial charge is 0.490 e. The molecule has 1 aliphatic rings. The van der Waals surface area contributed by atoms with Crippen LogP contribution in [0.2, 0.25) is 5.02 Å². The van der Waals surface area contributed by atoms with E-state index in [0.717, 1.165) is 11.3 Å². The molecular weight excluding hydrogens is 300 g/mol. The van der Waals surface area contributed by atoms with Crippen LogP contribution in [0.3, 0.4) is 0 Å². The zero-order chi connectivity index (χ0) is 15.7. The van der Waals surface area contributed by atoms with E-state index in [2.05, 4.69) is 5.32 Å². The first-order valence-corrected chi connectivity index (χ1v) is 7.50. The molecule has 114 valence electrons. The molecule has 3 rings (SSSR count). The highest BCUT2D eigenvalue weighted by molar-refractivity contribution is 6.31. The number of benzene rings is 2. The Morgan fingerprint density at radius 3 is 2.77 bits per heavy atom. The van der Waals surface area contributed by atoms with Gasteiger partial charge < -0.3 is 10.1 Å². The summed E-state index contributed by atoms with van der Waals surface area (Å²) in [6.07, 6.45) is 0. The van der Waals surface area contributed by atoms with Crippen molar-refractivity contribution in [2.75, 3.05) is 23.4 Å². The second-order valence-electron chi connectivity index (χ2n) is 5.34. The lowest BCUT2D eigenvalue weighted by atomic mass is 10.1. The van der Waals surface area contributed by atoms with Gasteiger partial charge in [-0.3, -0.25) is 4.90 Å². The number of fused-ring (bicyclic) bond motifs is 1. The van der Waals surface area contributed by atoms with Crippen molar-refractivity contribution in [2.24, 2.45) is 0 Å². The third-order valence-electron chi connectivity index (χ3n) is 3.79. The number of ether oxygens (including phenoxy) is 1. The van der Waals surface area contributed by atoms with Crippen molar-refractivity contribution in [3.05, 3.63) is 52.5 Å². The minimum absolute atomic E-state index is 0.185. The molecular formula is C17H17ClN2O2. The molecule has 22 heavy (non-hydrogen) atoms. The fourth-order valence-electron chi connectivity index (χ4n) is 2.41. The van der Waals surface area contributed by atoms with Crippen LogP contribution in [0.25, 0.3) is 0 Å². The van der Waals surface area contributed by atoms with Crippen LogP contribution in [0, 0.1) is 13.8 Å². The molecule has 1 N–H and O–H groups in total. The van der Waals surface area contributed by atoms with Gasteiger partial charge in [0.1, 0.15) is 12.4 Å². The molecule has 0 unspecified atom stereocenters. The van der Waals surface area contributed by atoms with Crippen LogP contribution in [0.1, 0.15) is 11.1 Å². The molecule has 0 fully saturated rings. The molecule has 1 aliphatic heterocycles. The van der Waals surface area contributed by atoms with Crippen molar-refractivity contribution in [1.29, 1.82) is 0 Å². The zero-order valence-corrected chi connectivity index (χ0v) is 13.3. The van der Waals surface area contributed by atoms with Crippen LogP contribution in [0.15, 0.2) is 36.4 Å². The predicted molar refractivity (Wildman–Crippen MR) is 89.2 cm³/mol. The number of amides is 2. The number of nitrogens with zero attached hydrogens (tertiary/aromatic N) is 1. The summed E-state index contributed by atoms with van der Waals surface area (Å²) in [6, 6.07) is 11.0. The number of urea groups is 1. The number of anilines is 2. The molecule has 2 amide bonds. The number of halogens is 1. The first-order chi connectivity index (χ1) is 10.5. The van der Waals surface area contributed by atoms with Crippen LogP contribution in [-0.4, -0.2) is 19.2 Å². The Balaban J connectivity index is 1.84. The van der Waals surface area contributed by atoms with Gasteiger partial charge in [0.05, 0.1) is 12.2 Å². The van der Waals surface area contributed by atoms with Crippen molar-refractivity contribution in [2.45, 2.75) is 13.8 Å². The van der Waals surface area contributed by atoms with E-state index in [0.29, 0.717) is 29.6 Å². The molecule has 5 heteroatoms. The summed E-state index contributed by atoms with van der Waals surface area (Å²) >= 11 is 6.03. The summed E-state index contributed by atoms with van der Waals surface area (Å²) in [7, 11) is 0. The molecule has 4 nitrogen and oxygen atoms in total. The highest BCUT2D eigenvalue weighted by atomic mass is 35.5. The van der Waals surface area contributed by atoms with Crippen LogP contribution in [0.4, 0.5) is 16.2 Å². The van der Waals surface area contributed by atoms with E-state index in [-0.39, 0.29) is 6.03 Å². The Morgan fingerprint density at radius 1 is 1.18 bits per heavy atom. The Hall–Kier alpha value is -2.20. The fraction of sp³-hybridized carbons (Fsp3) is 0.235. The highest BCUT2D eigenvalue weighted by Gasteiger charge is 2.24. The van der Waals surface area contributed by atoms with Crippen LogP contribution in [-0.2, 0) is 0 Å². The first-order valence-electron chi connectivity index (χ1n) is 7.13. The molecule has 0 aliphatic carbocycles. The van der Waals surface area contributed by atoms with E-state index >= 15 is 0 Å². The van der Waals surface area contributed by atoms with Crippen LogP contribution >= 0.6 is 11.6 Å². The normalized spacial score (nSPS) is 13.3. The van der Waals surface area contributed by atoms with Gasteiger partial charge in [-0.1, -0.05) is 17.7 Å². The quantitative estimate of drug-likeness (QED) is 0.848. The van der Waals surface area contributed by atoms with Crippen LogP contribution < -0.4 is 15.0 Å². The lowest BCUT2D eigenvalue weighted by Crippen LogP contribution is -2.40. The van der Waals surface area contributed by atoms with Gasteiger partial charge in [0.15, 0.2) is 0 Å². The second kappa shape index (κ2) is 5.89. The monoisotopic (exact) mass is 316 g/mol. The Labute approximate surface area is 134 Å².